The van der Waals surface area contributed by atoms with E-state index >= 15 is 0 Å². The Morgan fingerprint density at radius 1 is 0.964 bits per heavy atom. The van der Waals surface area contributed by atoms with Gasteiger partial charge in [-0.25, -0.2) is 14.8 Å². The molecule has 0 bridgehead atoms. The van der Waals surface area contributed by atoms with Crippen LogP contribution in [0.5, 0.6) is 0 Å². The number of benzene rings is 3. The minimum Gasteiger partial charge on any atom is -0.477 e. The molecule has 0 unspecified atom stereocenters. The molecule has 5 heterocycles. The molecule has 0 aliphatic carbocycles. The quantitative estimate of drug-likeness (QED) is 0.0520. The first kappa shape index (κ1) is 36.0. The van der Waals surface area contributed by atoms with Crippen molar-refractivity contribution < 1.29 is 24.3 Å². The van der Waals surface area contributed by atoms with Crippen LogP contribution in [0.4, 0.5) is 5.13 Å². The fraction of sp³-hybridized carbons (Fsp3) is 0.150. The average Bonchev–Trinajstić information content (AvgIpc) is 3.98. The molecule has 2 atom stereocenters. The van der Waals surface area contributed by atoms with Crippen molar-refractivity contribution in [2.45, 2.75) is 23.9 Å². The second-order valence-corrected chi connectivity index (χ2v) is 15.4. The molecule has 3 aromatic heterocycles. The highest BCUT2D eigenvalue weighted by Gasteiger charge is 2.54. The van der Waals surface area contributed by atoms with Crippen LogP contribution >= 0.6 is 34.4 Å². The number of allylic oxidation sites excluding steroid dienone is 1. The molecule has 15 heteroatoms. The Labute approximate surface area is 327 Å². The molecule has 276 valence electrons. The standard InChI is InChI=1S/C40H33N7O5S3/c1-2-52-45-32(30-23-55-39(42-30)44-40(26-12-6-3-7-13-26,27-14-8-4-9-15-27)28-16-10-5-11-17-28)35(48)43-33-36(49)47-34(38(50)51)25(21-54-37(33)47)18-19-29-22-53-31-20-41-24-46(29)31/h3-20,22-24,33,37H,2,21H2,1H3,(H,42,44)(H,43,48)(H,50,51)/b19-18+,45-32-/t33-,37-/m1/s1. The second-order valence-electron chi connectivity index (χ2n) is 12.5. The fourth-order valence-electron chi connectivity index (χ4n) is 6.74. The number of rotatable bonds is 13. The van der Waals surface area contributed by atoms with E-state index in [0.29, 0.717) is 16.5 Å². The number of thiazole rings is 2. The number of carboxylic acid groups (broad SMARTS) is 1. The first-order valence-corrected chi connectivity index (χ1v) is 20.1. The Bertz CT molecular complexity index is 2360. The minimum atomic E-state index is -1.22. The number of nitrogens with zero attached hydrogens (tertiary/aromatic N) is 5. The number of fused-ring (bicyclic) bond motifs is 2. The molecular weight excluding hydrogens is 755 g/mol. The summed E-state index contributed by atoms with van der Waals surface area (Å²) >= 11 is 4.20. The molecule has 0 saturated carbocycles. The molecule has 2 aliphatic heterocycles. The van der Waals surface area contributed by atoms with Gasteiger partial charge in [0.2, 0.25) is 0 Å². The van der Waals surface area contributed by atoms with E-state index in [9.17, 15) is 19.5 Å². The van der Waals surface area contributed by atoms with E-state index in [4.69, 9.17) is 9.82 Å². The summed E-state index contributed by atoms with van der Waals surface area (Å²) in [5.74, 6) is -2.10. The topological polar surface area (TPSA) is 151 Å². The first-order chi connectivity index (χ1) is 26.9. The maximum atomic E-state index is 13.9. The van der Waals surface area contributed by atoms with Crippen molar-refractivity contribution in [1.82, 2.24) is 24.6 Å². The summed E-state index contributed by atoms with van der Waals surface area (Å²) in [6.45, 7) is 1.94. The fourth-order valence-corrected chi connectivity index (χ4v) is 9.63. The first-order valence-electron chi connectivity index (χ1n) is 17.3. The van der Waals surface area contributed by atoms with E-state index in [1.54, 1.807) is 30.9 Å². The summed E-state index contributed by atoms with van der Waals surface area (Å²) in [4.78, 5) is 56.6. The monoisotopic (exact) mass is 787 g/mol. The number of imidazole rings is 1. The van der Waals surface area contributed by atoms with Crippen molar-refractivity contribution in [3.05, 3.63) is 160 Å². The third-order valence-corrected chi connectivity index (χ3v) is 12.2. The molecule has 0 spiro atoms. The van der Waals surface area contributed by atoms with Gasteiger partial charge in [0.15, 0.2) is 10.8 Å². The summed E-state index contributed by atoms with van der Waals surface area (Å²) < 4.78 is 1.90. The molecule has 0 radical (unpaired) electrons. The summed E-state index contributed by atoms with van der Waals surface area (Å²) in [6.07, 6.45) is 6.97. The van der Waals surface area contributed by atoms with Crippen LogP contribution in [0.2, 0.25) is 0 Å². The zero-order valence-corrected chi connectivity index (χ0v) is 31.7. The second kappa shape index (κ2) is 15.4. The van der Waals surface area contributed by atoms with Crippen LogP contribution in [-0.4, -0.2) is 71.6 Å². The molecule has 55 heavy (non-hydrogen) atoms. The van der Waals surface area contributed by atoms with Crippen molar-refractivity contribution in [2.75, 3.05) is 17.7 Å². The molecule has 1 fully saturated rings. The van der Waals surface area contributed by atoms with E-state index in [-0.39, 0.29) is 23.7 Å². The zero-order chi connectivity index (χ0) is 37.9. The van der Waals surface area contributed by atoms with Gasteiger partial charge >= 0.3 is 5.97 Å². The number of aromatic nitrogens is 3. The van der Waals surface area contributed by atoms with E-state index < -0.39 is 34.7 Å². The number of nitrogens with one attached hydrogen (secondary N) is 2. The van der Waals surface area contributed by atoms with E-state index in [2.05, 4.69) is 57.2 Å². The number of anilines is 1. The third kappa shape index (κ3) is 6.70. The molecule has 2 aliphatic rings. The molecule has 1 saturated heterocycles. The van der Waals surface area contributed by atoms with Gasteiger partial charge < -0.3 is 20.6 Å². The van der Waals surface area contributed by atoms with Crippen molar-refractivity contribution in [3.63, 3.8) is 0 Å². The maximum Gasteiger partial charge on any atom is 0.352 e. The Hall–Kier alpha value is -6.03. The largest absolute Gasteiger partial charge is 0.477 e. The van der Waals surface area contributed by atoms with Gasteiger partial charge in [0, 0.05) is 16.5 Å². The summed E-state index contributed by atoms with van der Waals surface area (Å²) in [5, 5.41) is 24.4. The van der Waals surface area contributed by atoms with Gasteiger partial charge in [-0.05, 0) is 35.3 Å². The van der Waals surface area contributed by atoms with Crippen LogP contribution in [0.25, 0.3) is 10.9 Å². The van der Waals surface area contributed by atoms with Crippen LogP contribution in [0.15, 0.2) is 137 Å². The van der Waals surface area contributed by atoms with Gasteiger partial charge in [-0.2, -0.15) is 0 Å². The Morgan fingerprint density at radius 3 is 2.24 bits per heavy atom. The Kier molecular flexibility index (Phi) is 10.1. The normalized spacial score (nSPS) is 17.3. The highest BCUT2D eigenvalue weighted by atomic mass is 32.2. The van der Waals surface area contributed by atoms with E-state index in [0.717, 1.165) is 27.2 Å². The van der Waals surface area contributed by atoms with Crippen LogP contribution in [0.3, 0.4) is 0 Å². The lowest BCUT2D eigenvalue weighted by molar-refractivity contribution is -0.150. The predicted molar refractivity (Wildman–Crippen MR) is 215 cm³/mol. The lowest BCUT2D eigenvalue weighted by Crippen LogP contribution is -2.71. The van der Waals surface area contributed by atoms with Gasteiger partial charge in [-0.3, -0.25) is 18.9 Å². The van der Waals surface area contributed by atoms with Crippen molar-refractivity contribution in [3.8, 4) is 0 Å². The molecule has 3 N–H and O–H groups in total. The number of carboxylic acids is 1. The number of β-lactam (4-membered cyclic amide) rings is 1. The Balaban J connectivity index is 1.05. The van der Waals surface area contributed by atoms with E-state index in [1.807, 2.05) is 70.5 Å². The lowest BCUT2D eigenvalue weighted by atomic mass is 9.77. The van der Waals surface area contributed by atoms with Crippen LogP contribution in [0, 0.1) is 0 Å². The SMILES string of the molecule is CCO/N=C(\C(=O)N[C@@H]1C(=O)N2C(C(=O)O)=C(/C=C/c3csc4cncn34)CS[C@H]12)c1csc(NC(c2ccccc2)(c2ccccc2)c2ccccc2)n1. The minimum absolute atomic E-state index is 0.107. The molecule has 3 aromatic carbocycles. The number of carbonyl (C=O) groups excluding carboxylic acids is 2. The predicted octanol–water partition coefficient (Wildman–Crippen LogP) is 6.45. The number of thioether (sulfide) groups is 1. The van der Waals surface area contributed by atoms with Gasteiger partial charge in [0.05, 0.1) is 11.9 Å². The number of aliphatic carboxylic acids is 1. The summed E-state index contributed by atoms with van der Waals surface area (Å²) in [7, 11) is 0. The van der Waals surface area contributed by atoms with E-state index in [1.165, 1.54) is 39.3 Å². The number of carbonyl (C=O) groups is 3. The molecular formula is C40H33N7O5S3. The molecule has 6 aromatic rings. The van der Waals surface area contributed by atoms with Gasteiger partial charge in [0.1, 0.15) is 46.1 Å². The van der Waals surface area contributed by atoms with Crippen LogP contribution < -0.4 is 10.6 Å². The maximum absolute atomic E-state index is 13.9. The van der Waals surface area contributed by atoms with Gasteiger partial charge in [-0.1, -0.05) is 102 Å². The number of hydrogen-bond acceptors (Lipinski definition) is 11. The highest BCUT2D eigenvalue weighted by Crippen LogP contribution is 2.42. The van der Waals surface area contributed by atoms with Gasteiger partial charge in [0.25, 0.3) is 11.8 Å². The number of oxime groups is 1. The summed E-state index contributed by atoms with van der Waals surface area (Å²) in [5.41, 5.74) is 3.47. The molecule has 8 rings (SSSR count). The van der Waals surface area contributed by atoms with Crippen LogP contribution in [0.1, 0.15) is 35.0 Å². The number of hydrogen-bond donors (Lipinski definition) is 3. The van der Waals surface area contributed by atoms with Gasteiger partial charge in [-0.15, -0.1) is 34.4 Å². The smallest absolute Gasteiger partial charge is 0.352 e. The van der Waals surface area contributed by atoms with Crippen molar-refractivity contribution in [2.24, 2.45) is 5.16 Å². The van der Waals surface area contributed by atoms with Crippen LogP contribution in [-0.2, 0) is 24.8 Å². The lowest BCUT2D eigenvalue weighted by Gasteiger charge is -2.49. The zero-order valence-electron chi connectivity index (χ0n) is 29.2. The Morgan fingerprint density at radius 2 is 1.62 bits per heavy atom. The summed E-state index contributed by atoms with van der Waals surface area (Å²) in [6, 6.07) is 29.3. The number of amides is 2. The third-order valence-electron chi connectivity index (χ3n) is 9.29. The molecule has 2 amide bonds. The van der Waals surface area contributed by atoms with Crippen molar-refractivity contribution in [1.29, 1.82) is 0 Å². The highest BCUT2D eigenvalue weighted by molar-refractivity contribution is 8.00. The average molecular weight is 788 g/mol. The van der Waals surface area contributed by atoms with Crippen molar-refractivity contribution >= 4 is 74.0 Å². The molecule has 12 nitrogen and oxygen atoms in total.